The molecule has 2 aromatic heterocycles. The number of hydrogen-bond donors (Lipinski definition) is 1. The molecule has 0 saturated carbocycles. The van der Waals surface area contributed by atoms with Crippen molar-refractivity contribution in [3.05, 3.63) is 22.5 Å². The molecule has 1 saturated heterocycles. The predicted molar refractivity (Wildman–Crippen MR) is 77.3 cm³/mol. The minimum atomic E-state index is -0.354. The summed E-state index contributed by atoms with van der Waals surface area (Å²) in [7, 11) is 0. The highest BCUT2D eigenvalue weighted by Crippen LogP contribution is 2.33. The Labute approximate surface area is 126 Å². The van der Waals surface area contributed by atoms with E-state index in [4.69, 9.17) is 9.47 Å². The van der Waals surface area contributed by atoms with E-state index in [1.54, 1.807) is 17.8 Å². The average molecular weight is 306 g/mol. The Balaban J connectivity index is 1.95. The molecule has 0 radical (unpaired) electrons. The maximum atomic E-state index is 11.9. The van der Waals surface area contributed by atoms with Crippen LogP contribution in [0.4, 0.5) is 0 Å². The van der Waals surface area contributed by atoms with E-state index in [9.17, 15) is 9.59 Å². The Hall–Kier alpha value is -2.22. The standard InChI is InChI=1S/C14H18N4O4/c1-4-9-10(21-8(3)19)5-11(22-9)18-6-15-12-13(18)16-7(2)17-14(12)20/h6,9-11H,4-5H2,1-3H3,(H,16,17,20)/t9-,10+,11?/m1/s1. The van der Waals surface area contributed by atoms with Gasteiger partial charge in [0.2, 0.25) is 0 Å². The Morgan fingerprint density at radius 3 is 3.05 bits per heavy atom. The van der Waals surface area contributed by atoms with Crippen LogP contribution in [0.25, 0.3) is 11.2 Å². The van der Waals surface area contributed by atoms with Crippen LogP contribution in [0.5, 0.6) is 0 Å². The van der Waals surface area contributed by atoms with Crippen LogP contribution < -0.4 is 5.56 Å². The summed E-state index contributed by atoms with van der Waals surface area (Å²) in [5.74, 6) is 0.189. The minimum absolute atomic E-state index is 0.172. The summed E-state index contributed by atoms with van der Waals surface area (Å²) in [6, 6.07) is 0. The number of aryl methyl sites for hydroxylation is 1. The number of ether oxygens (including phenoxy) is 2. The Kier molecular flexibility index (Phi) is 3.69. The van der Waals surface area contributed by atoms with Crippen LogP contribution in [0.3, 0.4) is 0 Å². The molecular weight excluding hydrogens is 288 g/mol. The third kappa shape index (κ3) is 2.50. The first kappa shape index (κ1) is 14.7. The number of H-pyrrole nitrogens is 1. The molecule has 22 heavy (non-hydrogen) atoms. The van der Waals surface area contributed by atoms with Gasteiger partial charge in [0.25, 0.3) is 5.56 Å². The van der Waals surface area contributed by atoms with Crippen molar-refractivity contribution in [1.29, 1.82) is 0 Å². The number of nitrogens with zero attached hydrogens (tertiary/aromatic N) is 3. The van der Waals surface area contributed by atoms with Crippen molar-refractivity contribution in [3.8, 4) is 0 Å². The fourth-order valence-electron chi connectivity index (χ4n) is 2.82. The molecule has 3 rings (SSSR count). The first-order valence-corrected chi connectivity index (χ1v) is 7.25. The van der Waals surface area contributed by atoms with Crippen LogP contribution in [0.2, 0.25) is 0 Å². The van der Waals surface area contributed by atoms with Crippen molar-refractivity contribution in [3.63, 3.8) is 0 Å². The Bertz CT molecular complexity index is 766. The summed E-state index contributed by atoms with van der Waals surface area (Å²) in [4.78, 5) is 34.1. The Morgan fingerprint density at radius 2 is 2.36 bits per heavy atom. The summed E-state index contributed by atoms with van der Waals surface area (Å²) in [5.41, 5.74) is 0.477. The van der Waals surface area contributed by atoms with E-state index in [1.807, 2.05) is 6.92 Å². The number of carbonyl (C=O) groups is 1. The number of nitrogens with one attached hydrogen (secondary N) is 1. The van der Waals surface area contributed by atoms with Crippen LogP contribution in [0.15, 0.2) is 11.1 Å². The van der Waals surface area contributed by atoms with Crippen LogP contribution in [-0.4, -0.2) is 37.7 Å². The normalized spacial score (nSPS) is 24.8. The molecule has 1 N–H and O–H groups in total. The molecule has 1 fully saturated rings. The van der Waals surface area contributed by atoms with Gasteiger partial charge in [-0.05, 0) is 13.3 Å². The number of imidazole rings is 1. The zero-order valence-electron chi connectivity index (χ0n) is 12.7. The molecule has 8 heteroatoms. The molecule has 1 unspecified atom stereocenters. The van der Waals surface area contributed by atoms with Gasteiger partial charge in [-0.2, -0.15) is 0 Å². The van der Waals surface area contributed by atoms with Crippen molar-refractivity contribution in [1.82, 2.24) is 19.5 Å². The topological polar surface area (TPSA) is 99.1 Å². The highest BCUT2D eigenvalue weighted by atomic mass is 16.6. The summed E-state index contributed by atoms with van der Waals surface area (Å²) in [6.45, 7) is 5.07. The molecule has 0 aromatic carbocycles. The summed E-state index contributed by atoms with van der Waals surface area (Å²) < 4.78 is 13.0. The van der Waals surface area contributed by atoms with Gasteiger partial charge in [-0.3, -0.25) is 14.2 Å². The molecule has 3 atom stereocenters. The summed E-state index contributed by atoms with van der Waals surface area (Å²) in [5, 5.41) is 0. The van der Waals surface area contributed by atoms with Gasteiger partial charge in [0.15, 0.2) is 11.2 Å². The lowest BCUT2D eigenvalue weighted by molar-refractivity contribution is -0.149. The fraction of sp³-hybridized carbons (Fsp3) is 0.571. The van der Waals surface area contributed by atoms with E-state index < -0.39 is 0 Å². The third-order valence-corrected chi connectivity index (χ3v) is 3.76. The predicted octanol–water partition coefficient (Wildman–Crippen LogP) is 1.06. The maximum Gasteiger partial charge on any atom is 0.302 e. The van der Waals surface area contributed by atoms with Crippen molar-refractivity contribution in [2.45, 2.75) is 52.0 Å². The second-order valence-corrected chi connectivity index (χ2v) is 5.40. The smallest absolute Gasteiger partial charge is 0.302 e. The molecule has 1 aliphatic heterocycles. The summed E-state index contributed by atoms with van der Waals surface area (Å²) in [6.07, 6.45) is 1.96. The number of rotatable bonds is 3. The molecule has 118 valence electrons. The van der Waals surface area contributed by atoms with Crippen molar-refractivity contribution in [2.75, 3.05) is 0 Å². The van der Waals surface area contributed by atoms with Gasteiger partial charge in [0, 0.05) is 13.3 Å². The molecule has 3 heterocycles. The van der Waals surface area contributed by atoms with Gasteiger partial charge in [-0.15, -0.1) is 0 Å². The lowest BCUT2D eigenvalue weighted by Crippen LogP contribution is -2.25. The highest BCUT2D eigenvalue weighted by Gasteiger charge is 2.38. The second-order valence-electron chi connectivity index (χ2n) is 5.40. The number of hydrogen-bond acceptors (Lipinski definition) is 6. The van der Waals surface area contributed by atoms with Crippen molar-refractivity contribution < 1.29 is 14.3 Å². The molecular formula is C14H18N4O4. The van der Waals surface area contributed by atoms with Gasteiger partial charge >= 0.3 is 5.97 Å². The van der Waals surface area contributed by atoms with E-state index in [1.165, 1.54) is 6.92 Å². The van der Waals surface area contributed by atoms with Gasteiger partial charge in [-0.1, -0.05) is 6.92 Å². The average Bonchev–Trinajstić information content (AvgIpc) is 3.01. The van der Waals surface area contributed by atoms with Gasteiger partial charge in [-0.25, -0.2) is 9.97 Å². The number of aromatic nitrogens is 4. The van der Waals surface area contributed by atoms with E-state index >= 15 is 0 Å². The van der Waals surface area contributed by atoms with Crippen molar-refractivity contribution in [2.24, 2.45) is 0 Å². The lowest BCUT2D eigenvalue weighted by Gasteiger charge is -2.15. The summed E-state index contributed by atoms with van der Waals surface area (Å²) >= 11 is 0. The van der Waals surface area contributed by atoms with Gasteiger partial charge in [0.05, 0.1) is 12.4 Å². The van der Waals surface area contributed by atoms with E-state index in [2.05, 4.69) is 15.0 Å². The van der Waals surface area contributed by atoms with Gasteiger partial charge < -0.3 is 14.5 Å². The minimum Gasteiger partial charge on any atom is -0.460 e. The molecule has 0 amide bonds. The zero-order valence-corrected chi connectivity index (χ0v) is 12.7. The van der Waals surface area contributed by atoms with E-state index in [0.29, 0.717) is 17.9 Å². The molecule has 0 bridgehead atoms. The van der Waals surface area contributed by atoms with Crippen molar-refractivity contribution >= 4 is 17.1 Å². The monoisotopic (exact) mass is 306 g/mol. The number of esters is 1. The third-order valence-electron chi connectivity index (χ3n) is 3.76. The lowest BCUT2D eigenvalue weighted by atomic mass is 10.1. The van der Waals surface area contributed by atoms with E-state index in [0.717, 1.165) is 6.42 Å². The molecule has 2 aromatic rings. The first-order chi connectivity index (χ1) is 10.5. The zero-order chi connectivity index (χ0) is 15.9. The number of aromatic amines is 1. The van der Waals surface area contributed by atoms with E-state index in [-0.39, 0.29) is 35.5 Å². The Morgan fingerprint density at radius 1 is 1.59 bits per heavy atom. The first-order valence-electron chi connectivity index (χ1n) is 7.25. The molecule has 8 nitrogen and oxygen atoms in total. The van der Waals surface area contributed by atoms with Crippen LogP contribution in [0.1, 0.15) is 38.7 Å². The quantitative estimate of drug-likeness (QED) is 0.851. The largest absolute Gasteiger partial charge is 0.460 e. The van der Waals surface area contributed by atoms with Crippen LogP contribution in [-0.2, 0) is 14.3 Å². The van der Waals surface area contributed by atoms with Crippen LogP contribution in [0, 0.1) is 6.92 Å². The van der Waals surface area contributed by atoms with Crippen LogP contribution >= 0.6 is 0 Å². The molecule has 0 spiro atoms. The number of carbonyl (C=O) groups excluding carboxylic acids is 1. The SMILES string of the molecule is CC[C@H]1OC(n2cnc3c(=O)[nH]c(C)nc32)C[C@@H]1OC(C)=O. The molecule has 0 aliphatic carbocycles. The molecule has 1 aliphatic rings. The fourth-order valence-corrected chi connectivity index (χ4v) is 2.82. The maximum absolute atomic E-state index is 11.9. The highest BCUT2D eigenvalue weighted by molar-refractivity contribution is 5.69. The van der Waals surface area contributed by atoms with Gasteiger partial charge in [0.1, 0.15) is 18.2 Å². The second kappa shape index (κ2) is 5.53. The number of fused-ring (bicyclic) bond motifs is 1.